The van der Waals surface area contributed by atoms with Gasteiger partial charge in [-0.3, -0.25) is 0 Å². The second kappa shape index (κ2) is 14.8. The lowest BCUT2D eigenvalue weighted by Crippen LogP contribution is -1.95. The molecule has 0 unspecified atom stereocenters. The van der Waals surface area contributed by atoms with E-state index in [-0.39, 0.29) is 0 Å². The minimum atomic E-state index is 0.870. The Labute approximate surface area is 334 Å². The molecule has 57 heavy (non-hydrogen) atoms. The molecule has 10 rings (SSSR count). The van der Waals surface area contributed by atoms with Gasteiger partial charge in [-0.15, -0.1) is 0 Å². The fourth-order valence-electron chi connectivity index (χ4n) is 8.59. The van der Waals surface area contributed by atoms with Crippen molar-refractivity contribution in [2.45, 2.75) is 12.8 Å². The van der Waals surface area contributed by atoms with E-state index in [0.717, 1.165) is 12.8 Å². The van der Waals surface area contributed by atoms with Crippen LogP contribution < -0.4 is 0 Å². The molecule has 1 aliphatic carbocycles. The Morgan fingerprint density at radius 2 is 1.11 bits per heavy atom. The molecular formula is C56H41N. The molecule has 0 bridgehead atoms. The normalized spacial score (nSPS) is 12.3. The van der Waals surface area contributed by atoms with E-state index in [2.05, 4.69) is 211 Å². The topological polar surface area (TPSA) is 4.93 Å². The van der Waals surface area contributed by atoms with Gasteiger partial charge in [0.2, 0.25) is 0 Å². The average Bonchev–Trinajstić information content (AvgIpc) is 3.81. The molecule has 1 nitrogen and oxygen atoms in total. The highest BCUT2D eigenvalue weighted by atomic mass is 15.0. The van der Waals surface area contributed by atoms with E-state index < -0.39 is 0 Å². The Hall–Kier alpha value is -7.22. The summed E-state index contributed by atoms with van der Waals surface area (Å²) in [5.41, 5.74) is 20.0. The molecule has 0 spiro atoms. The molecule has 1 aliphatic rings. The average molecular weight is 728 g/mol. The molecule has 1 heterocycles. The van der Waals surface area contributed by atoms with Crippen LogP contribution in [0.25, 0.3) is 77.6 Å². The van der Waals surface area contributed by atoms with E-state index in [1.165, 1.54) is 99.8 Å². The highest BCUT2D eigenvalue weighted by molar-refractivity contribution is 6.10. The van der Waals surface area contributed by atoms with Crippen LogP contribution in [0, 0.1) is 0 Å². The van der Waals surface area contributed by atoms with Crippen LogP contribution in [0.1, 0.15) is 22.3 Å². The van der Waals surface area contributed by atoms with Gasteiger partial charge in [-0.1, -0.05) is 170 Å². The lowest BCUT2D eigenvalue weighted by Gasteiger charge is -2.12. The lowest BCUT2D eigenvalue weighted by atomic mass is 9.94. The summed E-state index contributed by atoms with van der Waals surface area (Å²) in [6.07, 6.45) is 10.1. The Morgan fingerprint density at radius 3 is 1.91 bits per heavy atom. The van der Waals surface area contributed by atoms with Crippen molar-refractivity contribution in [2.75, 3.05) is 0 Å². The molecule has 0 aliphatic heterocycles. The van der Waals surface area contributed by atoms with Crippen molar-refractivity contribution in [1.29, 1.82) is 0 Å². The minimum absolute atomic E-state index is 0.870. The number of rotatable bonds is 9. The first-order valence-electron chi connectivity index (χ1n) is 19.8. The van der Waals surface area contributed by atoms with Gasteiger partial charge in [-0.25, -0.2) is 0 Å². The summed E-state index contributed by atoms with van der Waals surface area (Å²) in [6.45, 7) is 3.92. The molecule has 0 fully saturated rings. The third-order valence-electron chi connectivity index (χ3n) is 11.4. The number of hydrogen-bond donors (Lipinski definition) is 0. The fourth-order valence-corrected chi connectivity index (χ4v) is 8.59. The predicted molar refractivity (Wildman–Crippen MR) is 243 cm³/mol. The van der Waals surface area contributed by atoms with Crippen LogP contribution in [0.4, 0.5) is 0 Å². The van der Waals surface area contributed by atoms with Crippen molar-refractivity contribution in [3.63, 3.8) is 0 Å². The van der Waals surface area contributed by atoms with Crippen molar-refractivity contribution >= 4 is 27.4 Å². The number of para-hydroxylation sites is 1. The summed E-state index contributed by atoms with van der Waals surface area (Å²) in [7, 11) is 0. The molecule has 1 aromatic heterocycles. The molecule has 9 aromatic rings. The van der Waals surface area contributed by atoms with E-state index >= 15 is 0 Å². The molecule has 0 radical (unpaired) electrons. The zero-order valence-electron chi connectivity index (χ0n) is 31.8. The quantitative estimate of drug-likeness (QED) is 0.131. The third kappa shape index (κ3) is 6.54. The Balaban J connectivity index is 0.996. The highest BCUT2D eigenvalue weighted by Gasteiger charge is 2.21. The maximum Gasteiger partial charge on any atom is 0.0541 e. The van der Waals surface area contributed by atoms with Crippen LogP contribution in [-0.4, -0.2) is 4.57 Å². The van der Waals surface area contributed by atoms with Crippen molar-refractivity contribution < 1.29 is 0 Å². The summed E-state index contributed by atoms with van der Waals surface area (Å²) in [4.78, 5) is 0. The zero-order chi connectivity index (χ0) is 38.1. The van der Waals surface area contributed by atoms with E-state index in [4.69, 9.17) is 0 Å². The molecule has 8 aromatic carbocycles. The number of fused-ring (bicyclic) bond motifs is 6. The van der Waals surface area contributed by atoms with Crippen LogP contribution in [0.15, 0.2) is 219 Å². The Bertz CT molecular complexity index is 3010. The molecule has 270 valence electrons. The van der Waals surface area contributed by atoms with Crippen LogP contribution in [0.3, 0.4) is 0 Å². The van der Waals surface area contributed by atoms with Crippen LogP contribution in [-0.2, 0) is 12.8 Å². The first-order chi connectivity index (χ1) is 28.2. The molecule has 0 saturated carbocycles. The SMILES string of the molecule is C=C/C=C\C(=C/Cc1ccccc1)c1cccc(-c2cccc(-c3ccc4c(c3)-c3cc(-n5c6ccccc6c6cc(-c7ccccc7)ccc65)ccc3C4)c2)c1. The zero-order valence-corrected chi connectivity index (χ0v) is 31.8. The number of nitrogens with zero attached hydrogens (tertiary/aromatic N) is 1. The highest BCUT2D eigenvalue weighted by Crippen LogP contribution is 2.42. The largest absolute Gasteiger partial charge is 0.309 e. The van der Waals surface area contributed by atoms with Gasteiger partial charge in [-0.05, 0) is 134 Å². The summed E-state index contributed by atoms with van der Waals surface area (Å²) in [5.74, 6) is 0. The summed E-state index contributed by atoms with van der Waals surface area (Å²) in [6, 6.07) is 68.9. The maximum absolute atomic E-state index is 3.92. The number of hydrogen-bond acceptors (Lipinski definition) is 0. The van der Waals surface area contributed by atoms with E-state index in [0.29, 0.717) is 0 Å². The number of allylic oxidation sites excluding steroid dienone is 5. The first-order valence-corrected chi connectivity index (χ1v) is 19.8. The molecule has 0 amide bonds. The van der Waals surface area contributed by atoms with Crippen molar-refractivity contribution in [2.24, 2.45) is 0 Å². The monoisotopic (exact) mass is 727 g/mol. The summed E-state index contributed by atoms with van der Waals surface area (Å²) in [5, 5.41) is 2.54. The number of benzene rings is 8. The van der Waals surface area contributed by atoms with Crippen LogP contribution in [0.5, 0.6) is 0 Å². The summed E-state index contributed by atoms with van der Waals surface area (Å²) < 4.78 is 2.44. The molecular weight excluding hydrogens is 687 g/mol. The van der Waals surface area contributed by atoms with Gasteiger partial charge < -0.3 is 4.57 Å². The second-order valence-corrected chi connectivity index (χ2v) is 14.9. The molecule has 0 saturated heterocycles. The van der Waals surface area contributed by atoms with E-state index in [1.54, 1.807) is 0 Å². The van der Waals surface area contributed by atoms with Crippen LogP contribution >= 0.6 is 0 Å². The Kier molecular flexibility index (Phi) is 8.89. The first kappa shape index (κ1) is 34.3. The van der Waals surface area contributed by atoms with Gasteiger partial charge >= 0.3 is 0 Å². The van der Waals surface area contributed by atoms with Gasteiger partial charge in [0.1, 0.15) is 0 Å². The second-order valence-electron chi connectivity index (χ2n) is 14.9. The van der Waals surface area contributed by atoms with Gasteiger partial charge in [0.05, 0.1) is 11.0 Å². The predicted octanol–water partition coefficient (Wildman–Crippen LogP) is 14.7. The third-order valence-corrected chi connectivity index (χ3v) is 11.4. The van der Waals surface area contributed by atoms with Gasteiger partial charge in [0, 0.05) is 16.5 Å². The fraction of sp³-hybridized carbons (Fsp3) is 0.0357. The van der Waals surface area contributed by atoms with Crippen molar-refractivity contribution in [1.82, 2.24) is 4.57 Å². The van der Waals surface area contributed by atoms with Crippen LogP contribution in [0.2, 0.25) is 0 Å². The van der Waals surface area contributed by atoms with Gasteiger partial charge in [-0.2, -0.15) is 0 Å². The van der Waals surface area contributed by atoms with Gasteiger partial charge in [0.25, 0.3) is 0 Å². The van der Waals surface area contributed by atoms with E-state index in [9.17, 15) is 0 Å². The van der Waals surface area contributed by atoms with Crippen molar-refractivity contribution in [3.05, 3.63) is 241 Å². The Morgan fingerprint density at radius 1 is 0.491 bits per heavy atom. The lowest BCUT2D eigenvalue weighted by molar-refractivity contribution is 1.17. The van der Waals surface area contributed by atoms with E-state index in [1.807, 2.05) is 12.2 Å². The molecule has 0 atom stereocenters. The molecule has 1 heteroatoms. The molecule has 0 N–H and O–H groups in total. The van der Waals surface area contributed by atoms with Gasteiger partial charge in [0.15, 0.2) is 0 Å². The smallest absolute Gasteiger partial charge is 0.0541 e. The minimum Gasteiger partial charge on any atom is -0.309 e. The summed E-state index contributed by atoms with van der Waals surface area (Å²) >= 11 is 0. The maximum atomic E-state index is 3.92. The number of aromatic nitrogens is 1. The van der Waals surface area contributed by atoms with Crippen molar-refractivity contribution in [3.8, 4) is 50.2 Å². The standard InChI is InChI=1S/C56H41N/c1-2-3-16-41(26-25-39-14-6-4-7-15-39)42-19-12-20-43(33-42)44-21-13-22-45(34-44)47-27-28-48-35-49-29-31-50(38-53(49)52(48)36-47)57-55-24-11-10-23-51(55)54-37-46(30-32-56(54)57)40-17-8-5-9-18-40/h2-24,26-34,36-38H,1,25,35H2/b16-3-,41-26+.